The van der Waals surface area contributed by atoms with Crippen LogP contribution >= 0.6 is 22.6 Å². The summed E-state index contributed by atoms with van der Waals surface area (Å²) >= 11 is 2.01. The topological polar surface area (TPSA) is 81.7 Å². The fourth-order valence-corrected chi connectivity index (χ4v) is 8.88. The number of carbonyl (C=O) groups is 3. The molecule has 4 aliphatic rings. The lowest BCUT2D eigenvalue weighted by atomic mass is 9.46. The third-order valence-electron chi connectivity index (χ3n) is 9.15. The minimum absolute atomic E-state index is 0.000859. The van der Waals surface area contributed by atoms with Crippen LogP contribution in [0.2, 0.25) is 0 Å². The van der Waals surface area contributed by atoms with Gasteiger partial charge >= 0.3 is 11.9 Å². The van der Waals surface area contributed by atoms with Gasteiger partial charge in [0.2, 0.25) is 5.91 Å². The van der Waals surface area contributed by atoms with E-state index < -0.39 is 9.39 Å². The molecule has 7 heteroatoms. The van der Waals surface area contributed by atoms with E-state index in [-0.39, 0.29) is 34.7 Å². The Labute approximate surface area is 186 Å². The second-order valence-corrected chi connectivity index (χ2v) is 12.0. The Balaban J connectivity index is 1.65. The zero-order valence-electron chi connectivity index (χ0n) is 17.8. The predicted octanol–water partition coefficient (Wildman–Crippen LogP) is 3.25. The van der Waals surface area contributed by atoms with Gasteiger partial charge in [0.05, 0.1) is 20.1 Å². The molecule has 29 heavy (non-hydrogen) atoms. The van der Waals surface area contributed by atoms with E-state index in [1.54, 1.807) is 0 Å². The minimum Gasteiger partial charge on any atom is -0.469 e. The number of hydrogen-bond donors (Lipinski definition) is 1. The Morgan fingerprint density at radius 3 is 2.34 bits per heavy atom. The van der Waals surface area contributed by atoms with Crippen LogP contribution in [0.4, 0.5) is 0 Å². The third kappa shape index (κ3) is 2.88. The van der Waals surface area contributed by atoms with Crippen molar-refractivity contribution in [1.82, 2.24) is 5.32 Å². The highest BCUT2D eigenvalue weighted by Gasteiger charge is 2.65. The molecule has 162 valence electrons. The van der Waals surface area contributed by atoms with E-state index in [1.807, 2.05) is 22.6 Å². The minimum atomic E-state index is -1.16. The van der Waals surface area contributed by atoms with Crippen LogP contribution in [0.15, 0.2) is 0 Å². The van der Waals surface area contributed by atoms with Crippen molar-refractivity contribution in [2.24, 2.45) is 34.5 Å². The molecule has 0 spiro atoms. The molecule has 8 atom stereocenters. The van der Waals surface area contributed by atoms with E-state index in [0.717, 1.165) is 38.5 Å². The van der Waals surface area contributed by atoms with Crippen LogP contribution in [-0.4, -0.2) is 41.5 Å². The van der Waals surface area contributed by atoms with Crippen molar-refractivity contribution in [3.8, 4) is 0 Å². The van der Waals surface area contributed by atoms with Gasteiger partial charge in [-0.15, -0.1) is 0 Å². The highest BCUT2D eigenvalue weighted by molar-refractivity contribution is 14.1. The number of hydrogen-bond acceptors (Lipinski definition) is 5. The Bertz CT molecular complexity index is 743. The molecule has 3 unspecified atom stereocenters. The first-order valence-corrected chi connectivity index (χ1v) is 11.9. The summed E-state index contributed by atoms with van der Waals surface area (Å²) in [5.41, 5.74) is -0.143. The summed E-state index contributed by atoms with van der Waals surface area (Å²) in [6.45, 7) is 4.55. The van der Waals surface area contributed by atoms with E-state index in [4.69, 9.17) is 9.47 Å². The molecule has 4 rings (SSSR count). The summed E-state index contributed by atoms with van der Waals surface area (Å²) < 4.78 is 8.97. The maximum absolute atomic E-state index is 12.8. The quantitative estimate of drug-likeness (QED) is 0.263. The summed E-state index contributed by atoms with van der Waals surface area (Å²) in [6.07, 6.45) is 6.54. The van der Waals surface area contributed by atoms with Crippen molar-refractivity contribution in [3.63, 3.8) is 0 Å². The van der Waals surface area contributed by atoms with Crippen molar-refractivity contribution in [2.75, 3.05) is 14.2 Å². The maximum Gasteiger partial charge on any atom is 0.331 e. The van der Waals surface area contributed by atoms with Gasteiger partial charge in [-0.05, 0) is 73.5 Å². The smallest absolute Gasteiger partial charge is 0.331 e. The molecule has 1 heterocycles. The van der Waals surface area contributed by atoms with Crippen LogP contribution in [-0.2, 0) is 23.9 Å². The third-order valence-corrected chi connectivity index (χ3v) is 10.5. The van der Waals surface area contributed by atoms with Crippen molar-refractivity contribution in [3.05, 3.63) is 0 Å². The Kier molecular flexibility index (Phi) is 5.23. The molecule has 6 nitrogen and oxygen atoms in total. The van der Waals surface area contributed by atoms with Crippen molar-refractivity contribution in [2.45, 2.75) is 68.3 Å². The van der Waals surface area contributed by atoms with Gasteiger partial charge in [-0.3, -0.25) is 14.4 Å². The van der Waals surface area contributed by atoms with Crippen molar-refractivity contribution in [1.29, 1.82) is 0 Å². The standard InChI is InChI=1S/C22H32INO5/c1-20-10-9-14-12(13(20)6-7-15(20)17(25)28-3)5-8-16-21(14,2)11-22(23,18(26)24-16)19(27)29-4/h12-16H,5-11H2,1-4H3,(H,24,26)/t12-,13-,14+,15?,16?,20-,21+,22?/m0/s1. The summed E-state index contributed by atoms with van der Waals surface area (Å²) in [5.74, 6) is 0.738. The van der Waals surface area contributed by atoms with Gasteiger partial charge in [0.25, 0.3) is 0 Å². The molecule has 0 bridgehead atoms. The first kappa shape index (κ1) is 21.4. The fraction of sp³-hybridized carbons (Fsp3) is 0.864. The number of esters is 2. The molecule has 1 aliphatic heterocycles. The zero-order valence-corrected chi connectivity index (χ0v) is 19.9. The second-order valence-electron chi connectivity index (χ2n) is 10.2. The van der Waals surface area contributed by atoms with E-state index >= 15 is 0 Å². The first-order chi connectivity index (χ1) is 13.6. The molecule has 3 saturated carbocycles. The molecule has 0 aromatic carbocycles. The summed E-state index contributed by atoms with van der Waals surface area (Å²) in [4.78, 5) is 37.7. The Morgan fingerprint density at radius 1 is 1.00 bits per heavy atom. The summed E-state index contributed by atoms with van der Waals surface area (Å²) in [7, 11) is 2.85. The lowest BCUT2D eigenvalue weighted by molar-refractivity contribution is -0.161. The van der Waals surface area contributed by atoms with Gasteiger partial charge in [0, 0.05) is 6.04 Å². The molecule has 0 aromatic heterocycles. The lowest BCUT2D eigenvalue weighted by Crippen LogP contribution is -2.68. The monoisotopic (exact) mass is 517 g/mol. The summed E-state index contributed by atoms with van der Waals surface area (Å²) in [5, 5.41) is 3.18. The van der Waals surface area contributed by atoms with Gasteiger partial charge in [-0.25, -0.2) is 0 Å². The average Bonchev–Trinajstić information content (AvgIpc) is 3.05. The number of ether oxygens (including phenoxy) is 2. The van der Waals surface area contributed by atoms with Crippen LogP contribution in [0.25, 0.3) is 0 Å². The number of amides is 1. The molecular weight excluding hydrogens is 485 g/mol. The number of piperidine rings is 1. The van der Waals surface area contributed by atoms with Crippen LogP contribution in [0, 0.1) is 34.5 Å². The van der Waals surface area contributed by atoms with E-state index in [2.05, 4.69) is 19.2 Å². The van der Waals surface area contributed by atoms with Gasteiger partial charge in [0.1, 0.15) is 0 Å². The SMILES string of the molecule is COC(=O)C1CC[C@H]2[C@@H]3CCC4NC(=O)C(I)(C(=O)OC)C[C@]4(C)[C@@H]3CC[C@]12C. The number of halogens is 1. The highest BCUT2D eigenvalue weighted by atomic mass is 127. The largest absolute Gasteiger partial charge is 0.469 e. The lowest BCUT2D eigenvalue weighted by Gasteiger charge is -2.61. The van der Waals surface area contributed by atoms with Gasteiger partial charge in [-0.1, -0.05) is 36.4 Å². The first-order valence-electron chi connectivity index (χ1n) is 10.8. The molecule has 1 N–H and O–H groups in total. The molecule has 0 radical (unpaired) electrons. The molecule has 1 saturated heterocycles. The van der Waals surface area contributed by atoms with E-state index in [9.17, 15) is 14.4 Å². The normalized spacial score (nSPS) is 48.6. The van der Waals surface area contributed by atoms with Gasteiger partial charge in [-0.2, -0.15) is 0 Å². The van der Waals surface area contributed by atoms with Crippen LogP contribution in [0.5, 0.6) is 0 Å². The van der Waals surface area contributed by atoms with Crippen LogP contribution in [0.3, 0.4) is 0 Å². The number of nitrogens with one attached hydrogen (secondary N) is 1. The number of carbonyl (C=O) groups excluding carboxylic acids is 3. The molecule has 4 fully saturated rings. The zero-order chi connectivity index (χ0) is 21.2. The van der Waals surface area contributed by atoms with Gasteiger partial charge < -0.3 is 14.8 Å². The van der Waals surface area contributed by atoms with Crippen LogP contribution < -0.4 is 5.32 Å². The van der Waals surface area contributed by atoms with Gasteiger partial charge in [0.15, 0.2) is 3.42 Å². The average molecular weight is 517 g/mol. The second kappa shape index (κ2) is 7.09. The van der Waals surface area contributed by atoms with Crippen molar-refractivity contribution < 1.29 is 23.9 Å². The molecule has 3 aliphatic carbocycles. The Hall–Kier alpha value is -0.860. The number of alkyl halides is 1. The van der Waals surface area contributed by atoms with E-state index in [0.29, 0.717) is 24.2 Å². The molecule has 0 aromatic rings. The molecule has 1 amide bonds. The number of fused-ring (bicyclic) bond motifs is 5. The van der Waals surface area contributed by atoms with Crippen LogP contribution in [0.1, 0.15) is 58.8 Å². The highest BCUT2D eigenvalue weighted by Crippen LogP contribution is 2.66. The summed E-state index contributed by atoms with van der Waals surface area (Å²) in [6, 6.07) is 0.103. The van der Waals surface area contributed by atoms with E-state index in [1.165, 1.54) is 14.2 Å². The molecular formula is C22H32INO5. The maximum atomic E-state index is 12.8. The number of rotatable bonds is 2. The van der Waals surface area contributed by atoms with Crippen molar-refractivity contribution >= 4 is 40.4 Å². The fourth-order valence-electron chi connectivity index (χ4n) is 7.68. The Morgan fingerprint density at radius 2 is 1.69 bits per heavy atom. The number of methoxy groups -OCH3 is 2. The predicted molar refractivity (Wildman–Crippen MR) is 115 cm³/mol.